The van der Waals surface area contributed by atoms with Crippen LogP contribution < -0.4 is 4.74 Å². The van der Waals surface area contributed by atoms with Gasteiger partial charge < -0.3 is 4.74 Å². The summed E-state index contributed by atoms with van der Waals surface area (Å²) < 4.78 is 5.74. The molecular weight excluding hydrogens is 286 g/mol. The summed E-state index contributed by atoms with van der Waals surface area (Å²) in [5.74, 6) is 2.34. The highest BCUT2D eigenvalue weighted by Crippen LogP contribution is 2.24. The van der Waals surface area contributed by atoms with Crippen LogP contribution in [-0.2, 0) is 19.5 Å². The predicted molar refractivity (Wildman–Crippen MR) is 91.6 cm³/mol. The van der Waals surface area contributed by atoms with Gasteiger partial charge >= 0.3 is 0 Å². The zero-order valence-corrected chi connectivity index (χ0v) is 14.2. The van der Waals surface area contributed by atoms with Gasteiger partial charge in [-0.2, -0.15) is 0 Å². The van der Waals surface area contributed by atoms with Gasteiger partial charge in [-0.3, -0.25) is 4.90 Å². The average Bonchev–Trinajstić information content (AvgIpc) is 2.56. The molecule has 2 heterocycles. The van der Waals surface area contributed by atoms with Crippen molar-refractivity contribution in [3.63, 3.8) is 0 Å². The van der Waals surface area contributed by atoms with Crippen LogP contribution in [0.25, 0.3) is 0 Å². The molecule has 0 atom stereocenters. The summed E-state index contributed by atoms with van der Waals surface area (Å²) in [5.41, 5.74) is 3.73. The monoisotopic (exact) mass is 311 g/mol. The number of fused-ring (bicyclic) bond motifs is 1. The van der Waals surface area contributed by atoms with Crippen LogP contribution in [-0.4, -0.2) is 28.0 Å². The Bertz CT molecular complexity index is 669. The fourth-order valence-electron chi connectivity index (χ4n) is 2.97. The van der Waals surface area contributed by atoms with Gasteiger partial charge in [-0.25, -0.2) is 9.97 Å². The summed E-state index contributed by atoms with van der Waals surface area (Å²) in [6, 6.07) is 8.31. The number of para-hydroxylation sites is 1. The lowest BCUT2D eigenvalue weighted by Gasteiger charge is -2.28. The summed E-state index contributed by atoms with van der Waals surface area (Å²) in [6.45, 7) is 9.85. The molecule has 23 heavy (non-hydrogen) atoms. The summed E-state index contributed by atoms with van der Waals surface area (Å²) in [5, 5.41) is 0. The van der Waals surface area contributed by atoms with Crippen molar-refractivity contribution in [2.75, 3.05) is 13.2 Å². The number of ether oxygens (including phenoxy) is 1. The van der Waals surface area contributed by atoms with Crippen molar-refractivity contribution >= 4 is 0 Å². The molecule has 4 nitrogen and oxygen atoms in total. The maximum absolute atomic E-state index is 5.74. The van der Waals surface area contributed by atoms with Crippen LogP contribution in [0.4, 0.5) is 0 Å². The number of hydrogen-bond acceptors (Lipinski definition) is 4. The first kappa shape index (κ1) is 15.9. The van der Waals surface area contributed by atoms with Gasteiger partial charge in [0, 0.05) is 55.0 Å². The van der Waals surface area contributed by atoms with Gasteiger partial charge in [-0.15, -0.1) is 0 Å². The van der Waals surface area contributed by atoms with Gasteiger partial charge in [0.1, 0.15) is 11.6 Å². The van der Waals surface area contributed by atoms with Gasteiger partial charge in [0.15, 0.2) is 0 Å². The van der Waals surface area contributed by atoms with Crippen molar-refractivity contribution in [1.82, 2.24) is 14.9 Å². The van der Waals surface area contributed by atoms with Crippen LogP contribution in [0, 0.1) is 0 Å². The van der Waals surface area contributed by atoms with Gasteiger partial charge in [0.2, 0.25) is 0 Å². The van der Waals surface area contributed by atoms with E-state index in [-0.39, 0.29) is 0 Å². The number of rotatable bonds is 5. The number of hydrogen-bond donors (Lipinski definition) is 0. The lowest BCUT2D eigenvalue weighted by Crippen LogP contribution is -2.31. The Morgan fingerprint density at radius 1 is 1.26 bits per heavy atom. The molecule has 1 aliphatic heterocycles. The maximum atomic E-state index is 5.74. The molecule has 0 unspecified atom stereocenters. The zero-order valence-electron chi connectivity index (χ0n) is 14.2. The molecule has 1 aromatic carbocycles. The summed E-state index contributed by atoms with van der Waals surface area (Å²) >= 11 is 0. The van der Waals surface area contributed by atoms with Crippen molar-refractivity contribution in [3.8, 4) is 5.75 Å². The minimum absolute atomic E-state index is 0.386. The third-order valence-corrected chi connectivity index (χ3v) is 4.21. The van der Waals surface area contributed by atoms with E-state index in [9.17, 15) is 0 Å². The first-order chi connectivity index (χ1) is 11.2. The van der Waals surface area contributed by atoms with E-state index in [1.165, 1.54) is 16.8 Å². The minimum atomic E-state index is 0.386. The summed E-state index contributed by atoms with van der Waals surface area (Å²) in [7, 11) is 0. The van der Waals surface area contributed by atoms with Crippen LogP contribution in [0.1, 0.15) is 49.3 Å². The van der Waals surface area contributed by atoms with E-state index in [0.29, 0.717) is 12.5 Å². The van der Waals surface area contributed by atoms with Crippen molar-refractivity contribution in [2.24, 2.45) is 0 Å². The molecular formula is C19H25N3O. The molecule has 0 amide bonds. The second-order valence-corrected chi connectivity index (χ2v) is 6.36. The number of benzene rings is 1. The fourth-order valence-corrected chi connectivity index (χ4v) is 2.97. The highest BCUT2D eigenvalue weighted by Gasteiger charge is 2.20. The number of nitrogens with zero attached hydrogens (tertiary/aromatic N) is 3. The fraction of sp³-hybridized carbons (Fsp3) is 0.474. The Morgan fingerprint density at radius 2 is 2.09 bits per heavy atom. The molecule has 1 aromatic heterocycles. The topological polar surface area (TPSA) is 38.2 Å². The van der Waals surface area contributed by atoms with E-state index in [1.807, 2.05) is 19.2 Å². The molecule has 2 aromatic rings. The smallest absolute Gasteiger partial charge is 0.131 e. The molecule has 0 saturated heterocycles. The second-order valence-electron chi connectivity index (χ2n) is 6.36. The normalized spacial score (nSPS) is 14.8. The van der Waals surface area contributed by atoms with E-state index < -0.39 is 0 Å². The van der Waals surface area contributed by atoms with Crippen LogP contribution in [0.5, 0.6) is 5.75 Å². The van der Waals surface area contributed by atoms with Crippen LogP contribution in [0.2, 0.25) is 0 Å². The highest BCUT2D eigenvalue weighted by molar-refractivity contribution is 5.33. The molecule has 3 rings (SSSR count). The molecule has 0 aliphatic carbocycles. The van der Waals surface area contributed by atoms with Crippen molar-refractivity contribution < 1.29 is 4.74 Å². The Balaban J connectivity index is 1.73. The minimum Gasteiger partial charge on any atom is -0.494 e. The second kappa shape index (κ2) is 7.09. The van der Waals surface area contributed by atoms with Crippen LogP contribution in [0.3, 0.4) is 0 Å². The molecule has 0 fully saturated rings. The van der Waals surface area contributed by atoms with Crippen LogP contribution >= 0.6 is 0 Å². The van der Waals surface area contributed by atoms with Crippen molar-refractivity contribution in [1.29, 1.82) is 0 Å². The lowest BCUT2D eigenvalue weighted by molar-refractivity contribution is 0.236. The molecule has 0 saturated carbocycles. The van der Waals surface area contributed by atoms with E-state index >= 15 is 0 Å². The SMILES string of the molecule is CCOc1ccccc1CN1CCc2nc(C(C)C)ncc2C1. The first-order valence-electron chi connectivity index (χ1n) is 8.45. The van der Waals surface area contributed by atoms with E-state index in [2.05, 4.69) is 41.9 Å². The van der Waals surface area contributed by atoms with Crippen molar-refractivity contribution in [3.05, 3.63) is 53.1 Å². The predicted octanol–water partition coefficient (Wildman–Crippen LogP) is 3.56. The Kier molecular flexibility index (Phi) is 4.91. The third-order valence-electron chi connectivity index (χ3n) is 4.21. The quantitative estimate of drug-likeness (QED) is 0.846. The Hall–Kier alpha value is -1.94. The molecule has 0 spiro atoms. The molecule has 4 heteroatoms. The Labute approximate surface area is 138 Å². The average molecular weight is 311 g/mol. The molecule has 0 radical (unpaired) electrons. The summed E-state index contributed by atoms with van der Waals surface area (Å²) in [6.07, 6.45) is 3.01. The van der Waals surface area contributed by atoms with Crippen molar-refractivity contribution in [2.45, 2.75) is 46.2 Å². The first-order valence-corrected chi connectivity index (χ1v) is 8.45. The van der Waals surface area contributed by atoms with E-state index in [4.69, 9.17) is 9.72 Å². The standard InChI is InChI=1S/C19H25N3O/c1-4-23-18-8-6-5-7-15(18)12-22-10-9-17-16(13-22)11-20-19(21-17)14(2)3/h5-8,11,14H,4,9-10,12-13H2,1-3H3. The van der Waals surface area contributed by atoms with Gasteiger partial charge in [-0.1, -0.05) is 32.0 Å². The Morgan fingerprint density at radius 3 is 2.87 bits per heavy atom. The molecule has 0 N–H and O–H groups in total. The van der Waals surface area contributed by atoms with E-state index in [0.717, 1.165) is 37.6 Å². The molecule has 122 valence electrons. The molecule has 0 bridgehead atoms. The van der Waals surface area contributed by atoms with Crippen LogP contribution in [0.15, 0.2) is 30.5 Å². The highest BCUT2D eigenvalue weighted by atomic mass is 16.5. The molecule has 1 aliphatic rings. The third kappa shape index (κ3) is 3.70. The van der Waals surface area contributed by atoms with Gasteiger partial charge in [-0.05, 0) is 13.0 Å². The largest absolute Gasteiger partial charge is 0.494 e. The van der Waals surface area contributed by atoms with Gasteiger partial charge in [0.25, 0.3) is 0 Å². The number of aromatic nitrogens is 2. The maximum Gasteiger partial charge on any atom is 0.131 e. The zero-order chi connectivity index (χ0) is 16.2. The lowest BCUT2D eigenvalue weighted by atomic mass is 10.1. The van der Waals surface area contributed by atoms with Gasteiger partial charge in [0.05, 0.1) is 6.61 Å². The summed E-state index contributed by atoms with van der Waals surface area (Å²) in [4.78, 5) is 11.7. The van der Waals surface area contributed by atoms with E-state index in [1.54, 1.807) is 0 Å².